The van der Waals surface area contributed by atoms with Gasteiger partial charge in [0.25, 0.3) is 0 Å². The average Bonchev–Trinajstić information content (AvgIpc) is 2.53. The minimum absolute atomic E-state index is 0.0476. The molecular formula is C22H34O2. The first-order chi connectivity index (χ1) is 11.0. The highest BCUT2D eigenvalue weighted by atomic mass is 16.7. The van der Waals surface area contributed by atoms with Crippen molar-refractivity contribution in [1.82, 2.24) is 0 Å². The Morgan fingerprint density at radius 3 is 1.75 bits per heavy atom. The highest BCUT2D eigenvalue weighted by Crippen LogP contribution is 2.62. The summed E-state index contributed by atoms with van der Waals surface area (Å²) in [6.07, 6.45) is 4.08. The Balaban J connectivity index is 2.68. The second-order valence-corrected chi connectivity index (χ2v) is 9.19. The zero-order valence-corrected chi connectivity index (χ0v) is 16.7. The van der Waals surface area contributed by atoms with Gasteiger partial charge in [0.1, 0.15) is 0 Å². The van der Waals surface area contributed by atoms with Gasteiger partial charge in [0.15, 0.2) is 5.79 Å². The van der Waals surface area contributed by atoms with Gasteiger partial charge in [0, 0.05) is 20.6 Å². The summed E-state index contributed by atoms with van der Waals surface area (Å²) < 4.78 is 11.9. The monoisotopic (exact) mass is 330 g/mol. The van der Waals surface area contributed by atoms with Crippen LogP contribution in [0.25, 0.3) is 5.57 Å². The van der Waals surface area contributed by atoms with Gasteiger partial charge in [-0.3, -0.25) is 0 Å². The van der Waals surface area contributed by atoms with E-state index in [-0.39, 0.29) is 16.2 Å². The number of allylic oxidation sites excluding steroid dienone is 1. The molecule has 0 atom stereocenters. The lowest BCUT2D eigenvalue weighted by Crippen LogP contribution is -2.54. The Morgan fingerprint density at radius 1 is 0.833 bits per heavy atom. The summed E-state index contributed by atoms with van der Waals surface area (Å²) in [5.74, 6) is -0.677. The predicted molar refractivity (Wildman–Crippen MR) is 102 cm³/mol. The molecule has 0 radical (unpaired) electrons. The quantitative estimate of drug-likeness (QED) is 0.639. The van der Waals surface area contributed by atoms with Crippen molar-refractivity contribution in [1.29, 1.82) is 0 Å². The fourth-order valence-corrected chi connectivity index (χ4v) is 4.54. The van der Waals surface area contributed by atoms with Crippen molar-refractivity contribution in [3.05, 3.63) is 42.0 Å². The normalized spacial score (nSPS) is 20.6. The molecule has 0 unspecified atom stereocenters. The van der Waals surface area contributed by atoms with E-state index in [1.54, 1.807) is 14.2 Å². The molecule has 0 saturated heterocycles. The molecule has 1 aliphatic rings. The molecule has 24 heavy (non-hydrogen) atoms. The molecule has 0 fully saturated rings. The van der Waals surface area contributed by atoms with Crippen LogP contribution in [0.1, 0.15) is 59.9 Å². The molecule has 1 aromatic rings. The zero-order chi connectivity index (χ0) is 18.2. The van der Waals surface area contributed by atoms with Crippen molar-refractivity contribution in [2.75, 3.05) is 14.2 Å². The van der Waals surface area contributed by atoms with E-state index >= 15 is 0 Å². The molecule has 0 spiro atoms. The molecule has 1 aliphatic carbocycles. The molecule has 0 aromatic heterocycles. The number of benzene rings is 1. The van der Waals surface area contributed by atoms with E-state index in [9.17, 15) is 0 Å². The summed E-state index contributed by atoms with van der Waals surface area (Å²) in [7, 11) is 3.51. The zero-order valence-electron chi connectivity index (χ0n) is 16.7. The highest BCUT2D eigenvalue weighted by molar-refractivity contribution is 5.68. The molecule has 1 aromatic carbocycles. The molecule has 134 valence electrons. The Morgan fingerprint density at radius 2 is 1.33 bits per heavy atom. The van der Waals surface area contributed by atoms with Crippen LogP contribution in [-0.2, 0) is 9.47 Å². The van der Waals surface area contributed by atoms with Gasteiger partial charge in [-0.2, -0.15) is 0 Å². The van der Waals surface area contributed by atoms with Crippen molar-refractivity contribution in [3.63, 3.8) is 0 Å². The third-order valence-corrected chi connectivity index (χ3v) is 6.14. The maximum absolute atomic E-state index is 5.93. The van der Waals surface area contributed by atoms with Gasteiger partial charge in [-0.05, 0) is 39.9 Å². The largest absolute Gasteiger partial charge is 0.350 e. The summed E-state index contributed by atoms with van der Waals surface area (Å²) in [5.41, 5.74) is 2.85. The van der Waals surface area contributed by atoms with Gasteiger partial charge in [0.2, 0.25) is 0 Å². The Bertz CT molecular complexity index is 567. The van der Waals surface area contributed by atoms with Crippen molar-refractivity contribution < 1.29 is 9.47 Å². The first-order valence-corrected chi connectivity index (χ1v) is 8.88. The van der Waals surface area contributed by atoms with Crippen LogP contribution in [0.2, 0.25) is 0 Å². The summed E-state index contributed by atoms with van der Waals surface area (Å²) in [4.78, 5) is 0. The topological polar surface area (TPSA) is 18.5 Å². The van der Waals surface area contributed by atoms with Crippen molar-refractivity contribution >= 4 is 5.57 Å². The maximum atomic E-state index is 5.93. The molecule has 0 saturated carbocycles. The third kappa shape index (κ3) is 3.19. The second kappa shape index (κ2) is 6.31. The molecule has 0 N–H and O–H groups in total. The van der Waals surface area contributed by atoms with Gasteiger partial charge in [-0.1, -0.05) is 71.9 Å². The first-order valence-electron chi connectivity index (χ1n) is 8.88. The summed E-state index contributed by atoms with van der Waals surface area (Å²) >= 11 is 0. The molecule has 2 nitrogen and oxygen atoms in total. The molecule has 0 amide bonds. The van der Waals surface area contributed by atoms with Gasteiger partial charge < -0.3 is 9.47 Å². The smallest absolute Gasteiger partial charge is 0.188 e. The summed E-state index contributed by atoms with van der Waals surface area (Å²) in [5, 5.41) is 0. The van der Waals surface area contributed by atoms with Crippen molar-refractivity contribution in [2.24, 2.45) is 16.2 Å². The fraction of sp³-hybridized carbons (Fsp3) is 0.636. The number of rotatable bonds is 3. The van der Waals surface area contributed by atoms with Crippen LogP contribution in [0.4, 0.5) is 0 Å². The number of hydrogen-bond donors (Lipinski definition) is 0. The fourth-order valence-electron chi connectivity index (χ4n) is 4.54. The van der Waals surface area contributed by atoms with Crippen LogP contribution < -0.4 is 0 Å². The number of ether oxygens (including phenoxy) is 2. The first kappa shape index (κ1) is 19.2. The lowest BCUT2D eigenvalue weighted by Gasteiger charge is -2.59. The molecule has 0 bridgehead atoms. The minimum atomic E-state index is -0.677. The van der Waals surface area contributed by atoms with Crippen molar-refractivity contribution in [3.8, 4) is 0 Å². The van der Waals surface area contributed by atoms with Gasteiger partial charge >= 0.3 is 0 Å². The van der Waals surface area contributed by atoms with E-state index in [0.29, 0.717) is 0 Å². The predicted octanol–water partition coefficient (Wildman–Crippen LogP) is 5.93. The average molecular weight is 331 g/mol. The van der Waals surface area contributed by atoms with E-state index in [2.05, 4.69) is 78.0 Å². The maximum Gasteiger partial charge on any atom is 0.188 e. The lowest BCUT2D eigenvalue weighted by molar-refractivity contribution is -0.221. The Hall–Kier alpha value is -1.12. The van der Waals surface area contributed by atoms with E-state index in [1.807, 2.05) is 0 Å². The molecule has 0 aliphatic heterocycles. The number of methoxy groups -OCH3 is 2. The summed E-state index contributed by atoms with van der Waals surface area (Å²) in [6.45, 7) is 14.1. The van der Waals surface area contributed by atoms with Crippen LogP contribution in [-0.4, -0.2) is 20.0 Å². The van der Waals surface area contributed by atoms with Gasteiger partial charge in [-0.25, -0.2) is 0 Å². The van der Waals surface area contributed by atoms with Gasteiger partial charge in [0.05, 0.1) is 0 Å². The summed E-state index contributed by atoms with van der Waals surface area (Å²) in [6, 6.07) is 10.6. The van der Waals surface area contributed by atoms with Crippen molar-refractivity contribution in [2.45, 2.75) is 60.2 Å². The Labute approximate surface area is 148 Å². The molecule has 2 heteroatoms. The SMILES string of the molecule is COC1(OC)C=C(c2ccccc2)CC(C(C)(C)C)(C(C)(C)C)C1. The van der Waals surface area contributed by atoms with Crippen LogP contribution in [0.3, 0.4) is 0 Å². The minimum Gasteiger partial charge on any atom is -0.350 e. The van der Waals surface area contributed by atoms with Gasteiger partial charge in [-0.15, -0.1) is 0 Å². The van der Waals surface area contributed by atoms with E-state index < -0.39 is 5.79 Å². The standard InChI is InChI=1S/C22H34O2/c1-19(2,3)21(20(4,5)6)14-18(17-12-10-9-11-13-17)15-22(16-21,23-7)24-8/h9-13,15H,14,16H2,1-8H3. The van der Waals surface area contributed by atoms with E-state index in [4.69, 9.17) is 9.47 Å². The molecular weight excluding hydrogens is 296 g/mol. The molecule has 2 rings (SSSR count). The van der Waals surface area contributed by atoms with Crippen LogP contribution >= 0.6 is 0 Å². The van der Waals surface area contributed by atoms with Crippen LogP contribution in [0.15, 0.2) is 36.4 Å². The van der Waals surface area contributed by atoms with Crippen LogP contribution in [0, 0.1) is 16.2 Å². The van der Waals surface area contributed by atoms with Crippen LogP contribution in [0.5, 0.6) is 0 Å². The van der Waals surface area contributed by atoms with E-state index in [0.717, 1.165) is 12.8 Å². The third-order valence-electron chi connectivity index (χ3n) is 6.14. The highest BCUT2D eigenvalue weighted by Gasteiger charge is 2.57. The molecule has 0 heterocycles. The second-order valence-electron chi connectivity index (χ2n) is 9.19. The van der Waals surface area contributed by atoms with E-state index in [1.165, 1.54) is 11.1 Å². The lowest BCUT2D eigenvalue weighted by atomic mass is 9.48. The Kier molecular flexibility index (Phi) is 5.05. The number of hydrogen-bond acceptors (Lipinski definition) is 2.